The van der Waals surface area contributed by atoms with Crippen molar-refractivity contribution in [3.8, 4) is 0 Å². The van der Waals surface area contributed by atoms with Crippen molar-refractivity contribution in [1.82, 2.24) is 9.97 Å². The lowest BCUT2D eigenvalue weighted by Gasteiger charge is -2.08. The Morgan fingerprint density at radius 3 is 2.94 bits per heavy atom. The number of hydrogen-bond acceptors (Lipinski definition) is 5. The van der Waals surface area contributed by atoms with Gasteiger partial charge in [-0.15, -0.1) is 0 Å². The summed E-state index contributed by atoms with van der Waals surface area (Å²) in [4.78, 5) is 7.67. The minimum atomic E-state index is -0.385. The quantitative estimate of drug-likeness (QED) is 0.667. The largest absolute Gasteiger partial charge is 0.378 e. The summed E-state index contributed by atoms with van der Waals surface area (Å²) in [5.74, 6) is -0.160. The van der Waals surface area contributed by atoms with E-state index in [1.165, 1.54) is 6.33 Å². The van der Waals surface area contributed by atoms with Crippen LogP contribution in [0.1, 0.15) is 12.6 Å². The van der Waals surface area contributed by atoms with Crippen LogP contribution >= 0.6 is 0 Å². The van der Waals surface area contributed by atoms with Gasteiger partial charge in [-0.2, -0.15) is 0 Å². The smallest absolute Gasteiger partial charge is 0.186 e. The summed E-state index contributed by atoms with van der Waals surface area (Å²) in [6.45, 7) is 3.81. The van der Waals surface area contributed by atoms with E-state index >= 15 is 0 Å². The van der Waals surface area contributed by atoms with E-state index < -0.39 is 0 Å². The van der Waals surface area contributed by atoms with E-state index in [4.69, 9.17) is 10.5 Å². The first-order valence-corrected chi connectivity index (χ1v) is 5.30. The van der Waals surface area contributed by atoms with Crippen LogP contribution in [0.25, 0.3) is 0 Å². The zero-order chi connectivity index (χ0) is 11.8. The van der Waals surface area contributed by atoms with E-state index in [2.05, 4.69) is 15.3 Å². The summed E-state index contributed by atoms with van der Waals surface area (Å²) < 4.78 is 18.7. The fourth-order valence-corrected chi connectivity index (χ4v) is 1.20. The maximum Gasteiger partial charge on any atom is 0.186 e. The molecular formula is C10H17FN4O. The summed E-state index contributed by atoms with van der Waals surface area (Å²) in [6, 6.07) is 0. The molecule has 1 heterocycles. The van der Waals surface area contributed by atoms with Gasteiger partial charge in [-0.25, -0.2) is 14.4 Å². The molecule has 3 N–H and O–H groups in total. The lowest BCUT2D eigenvalue weighted by Crippen LogP contribution is -2.16. The van der Waals surface area contributed by atoms with E-state index in [1.807, 2.05) is 6.92 Å². The Kier molecular flexibility index (Phi) is 5.66. The van der Waals surface area contributed by atoms with Gasteiger partial charge < -0.3 is 15.8 Å². The topological polar surface area (TPSA) is 73.1 Å². The summed E-state index contributed by atoms with van der Waals surface area (Å²) >= 11 is 0. The van der Waals surface area contributed by atoms with Crippen molar-refractivity contribution in [2.45, 2.75) is 13.3 Å². The first-order valence-electron chi connectivity index (χ1n) is 5.30. The molecule has 5 nitrogen and oxygen atoms in total. The molecule has 0 aliphatic rings. The van der Waals surface area contributed by atoms with Gasteiger partial charge in [-0.3, -0.25) is 0 Å². The monoisotopic (exact) mass is 228 g/mol. The zero-order valence-corrected chi connectivity index (χ0v) is 9.37. The Morgan fingerprint density at radius 1 is 1.44 bits per heavy atom. The molecule has 1 aromatic rings. The van der Waals surface area contributed by atoms with Crippen LogP contribution in [0.15, 0.2) is 6.33 Å². The second-order valence-electron chi connectivity index (χ2n) is 3.16. The molecule has 6 heteroatoms. The highest BCUT2D eigenvalue weighted by molar-refractivity contribution is 5.37. The van der Waals surface area contributed by atoms with E-state index in [0.29, 0.717) is 38.4 Å². The third-order valence-corrected chi connectivity index (χ3v) is 2.00. The van der Waals surface area contributed by atoms with Crippen molar-refractivity contribution >= 4 is 5.82 Å². The van der Waals surface area contributed by atoms with Gasteiger partial charge in [0.15, 0.2) is 11.6 Å². The fraction of sp³-hybridized carbons (Fsp3) is 0.600. The Hall–Kier alpha value is -1.27. The normalized spacial score (nSPS) is 10.4. The molecule has 90 valence electrons. The molecule has 0 aliphatic heterocycles. The molecule has 0 saturated carbocycles. The lowest BCUT2D eigenvalue weighted by molar-refractivity contribution is 0.151. The standard InChI is InChI=1S/C10H17FN4O/c1-2-8-9(11)10(15-7-14-8)13-4-6-16-5-3-12/h7H,2-6,12H2,1H3,(H,13,14,15). The Morgan fingerprint density at radius 2 is 2.25 bits per heavy atom. The molecule has 0 atom stereocenters. The molecule has 0 aliphatic carbocycles. The van der Waals surface area contributed by atoms with Crippen molar-refractivity contribution in [3.63, 3.8) is 0 Å². The van der Waals surface area contributed by atoms with Gasteiger partial charge in [0.25, 0.3) is 0 Å². The molecular weight excluding hydrogens is 211 g/mol. The second-order valence-corrected chi connectivity index (χ2v) is 3.16. The van der Waals surface area contributed by atoms with Crippen LogP contribution in [-0.2, 0) is 11.2 Å². The molecule has 0 fully saturated rings. The molecule has 0 saturated heterocycles. The number of nitrogens with one attached hydrogen (secondary N) is 1. The van der Waals surface area contributed by atoms with Gasteiger partial charge in [0.1, 0.15) is 6.33 Å². The lowest BCUT2D eigenvalue weighted by atomic mass is 10.3. The van der Waals surface area contributed by atoms with Gasteiger partial charge in [-0.05, 0) is 6.42 Å². The average molecular weight is 228 g/mol. The maximum absolute atomic E-state index is 13.6. The van der Waals surface area contributed by atoms with Crippen LogP contribution in [0.3, 0.4) is 0 Å². The zero-order valence-electron chi connectivity index (χ0n) is 9.37. The number of rotatable bonds is 7. The minimum Gasteiger partial charge on any atom is -0.378 e. The molecule has 0 aromatic carbocycles. The third-order valence-electron chi connectivity index (χ3n) is 2.00. The van der Waals surface area contributed by atoms with Crippen LogP contribution in [0.2, 0.25) is 0 Å². The molecule has 0 unspecified atom stereocenters. The number of halogens is 1. The van der Waals surface area contributed by atoms with Crippen LogP contribution in [-0.4, -0.2) is 36.3 Å². The van der Waals surface area contributed by atoms with Crippen molar-refractivity contribution in [2.75, 3.05) is 31.6 Å². The van der Waals surface area contributed by atoms with Gasteiger partial charge in [-0.1, -0.05) is 6.92 Å². The Labute approximate surface area is 94.2 Å². The molecule has 0 amide bonds. The van der Waals surface area contributed by atoms with Crippen molar-refractivity contribution in [2.24, 2.45) is 5.73 Å². The second kappa shape index (κ2) is 7.08. The number of nitrogens with two attached hydrogens (primary N) is 1. The fourth-order valence-electron chi connectivity index (χ4n) is 1.20. The highest BCUT2D eigenvalue weighted by atomic mass is 19.1. The van der Waals surface area contributed by atoms with Gasteiger partial charge in [0, 0.05) is 13.1 Å². The number of hydrogen-bond donors (Lipinski definition) is 2. The van der Waals surface area contributed by atoms with Crippen molar-refractivity contribution in [1.29, 1.82) is 0 Å². The summed E-state index contributed by atoms with van der Waals surface area (Å²) in [6.07, 6.45) is 1.90. The first kappa shape index (κ1) is 12.8. The maximum atomic E-state index is 13.6. The molecule has 16 heavy (non-hydrogen) atoms. The Bertz CT molecular complexity index is 322. The van der Waals surface area contributed by atoms with Crippen LogP contribution < -0.4 is 11.1 Å². The number of nitrogens with zero attached hydrogens (tertiary/aromatic N) is 2. The highest BCUT2D eigenvalue weighted by Gasteiger charge is 2.08. The van der Waals surface area contributed by atoms with Crippen LogP contribution in [0.5, 0.6) is 0 Å². The predicted octanol–water partition coefficient (Wildman–Crippen LogP) is 0.565. The van der Waals surface area contributed by atoms with Crippen molar-refractivity contribution < 1.29 is 9.13 Å². The van der Waals surface area contributed by atoms with Crippen LogP contribution in [0, 0.1) is 5.82 Å². The molecule has 0 radical (unpaired) electrons. The minimum absolute atomic E-state index is 0.225. The number of anilines is 1. The molecule has 0 spiro atoms. The molecule has 0 bridgehead atoms. The SMILES string of the molecule is CCc1ncnc(NCCOCCN)c1F. The highest BCUT2D eigenvalue weighted by Crippen LogP contribution is 2.12. The van der Waals surface area contributed by atoms with E-state index in [9.17, 15) is 4.39 Å². The van der Waals surface area contributed by atoms with E-state index in [-0.39, 0.29) is 11.6 Å². The van der Waals surface area contributed by atoms with Gasteiger partial charge in [0.2, 0.25) is 0 Å². The van der Waals surface area contributed by atoms with Crippen molar-refractivity contribution in [3.05, 3.63) is 17.8 Å². The average Bonchev–Trinajstić information content (AvgIpc) is 2.31. The van der Waals surface area contributed by atoms with Gasteiger partial charge in [0.05, 0.1) is 18.9 Å². The number of aryl methyl sites for hydroxylation is 1. The van der Waals surface area contributed by atoms with Gasteiger partial charge >= 0.3 is 0 Å². The molecule has 1 aromatic heterocycles. The summed E-state index contributed by atoms with van der Waals surface area (Å²) in [7, 11) is 0. The van der Waals surface area contributed by atoms with E-state index in [0.717, 1.165) is 0 Å². The summed E-state index contributed by atoms with van der Waals surface area (Å²) in [5.41, 5.74) is 5.67. The number of ether oxygens (including phenoxy) is 1. The third kappa shape index (κ3) is 3.71. The molecule has 1 rings (SSSR count). The predicted molar refractivity (Wildman–Crippen MR) is 59.7 cm³/mol. The Balaban J connectivity index is 2.41. The van der Waals surface area contributed by atoms with E-state index in [1.54, 1.807) is 0 Å². The summed E-state index contributed by atoms with van der Waals surface area (Å²) in [5, 5.41) is 2.85. The van der Waals surface area contributed by atoms with Crippen LogP contribution in [0.4, 0.5) is 10.2 Å². The number of aromatic nitrogens is 2. The first-order chi connectivity index (χ1) is 7.79.